The van der Waals surface area contributed by atoms with E-state index in [9.17, 15) is 4.79 Å². The summed E-state index contributed by atoms with van der Waals surface area (Å²) in [6, 6.07) is 3.94. The van der Waals surface area contributed by atoms with Crippen LogP contribution in [0.5, 0.6) is 0 Å². The molecule has 0 radical (unpaired) electrons. The minimum atomic E-state index is -0.230. The van der Waals surface area contributed by atoms with E-state index in [0.29, 0.717) is 19.7 Å². The van der Waals surface area contributed by atoms with Gasteiger partial charge in [0, 0.05) is 32.2 Å². The quantitative estimate of drug-likeness (QED) is 0.897. The maximum Gasteiger partial charge on any atom is 0.409 e. The van der Waals surface area contributed by atoms with Crippen LogP contribution in [0, 0.1) is 0 Å². The largest absolute Gasteiger partial charge is 0.468 e. The first-order valence-electron chi connectivity index (χ1n) is 7.62. The summed E-state index contributed by atoms with van der Waals surface area (Å²) in [5.41, 5.74) is 6.27. The maximum atomic E-state index is 11.7. The number of nitrogens with two attached hydrogens (primary N) is 1. The highest BCUT2D eigenvalue weighted by atomic mass is 16.6. The summed E-state index contributed by atoms with van der Waals surface area (Å²) in [5.74, 6) is 0.897. The fraction of sp³-hybridized carbons (Fsp3) is 0.667. The third kappa shape index (κ3) is 3.77. The Morgan fingerprint density at radius 2 is 2.10 bits per heavy atom. The zero-order chi connectivity index (χ0) is 15.2. The van der Waals surface area contributed by atoms with Gasteiger partial charge in [-0.15, -0.1) is 0 Å². The van der Waals surface area contributed by atoms with Crippen molar-refractivity contribution in [3.8, 4) is 0 Å². The third-order valence-electron chi connectivity index (χ3n) is 3.95. The molecule has 2 heterocycles. The Labute approximate surface area is 125 Å². The zero-order valence-corrected chi connectivity index (χ0v) is 12.8. The van der Waals surface area contributed by atoms with Crippen LogP contribution in [0.1, 0.15) is 32.1 Å². The molecule has 0 aromatic carbocycles. The van der Waals surface area contributed by atoms with E-state index in [1.165, 1.54) is 0 Å². The molecule has 0 saturated carbocycles. The van der Waals surface area contributed by atoms with Gasteiger partial charge in [0.05, 0.1) is 18.9 Å². The molecule has 118 valence electrons. The zero-order valence-electron chi connectivity index (χ0n) is 12.8. The van der Waals surface area contributed by atoms with Crippen molar-refractivity contribution < 1.29 is 13.9 Å². The van der Waals surface area contributed by atoms with Crippen molar-refractivity contribution in [2.24, 2.45) is 5.73 Å². The minimum Gasteiger partial charge on any atom is -0.468 e. The van der Waals surface area contributed by atoms with Crippen molar-refractivity contribution in [3.63, 3.8) is 0 Å². The monoisotopic (exact) mass is 295 g/mol. The van der Waals surface area contributed by atoms with Crippen LogP contribution in [0.15, 0.2) is 22.8 Å². The Hall–Kier alpha value is -1.53. The molecule has 1 aliphatic heterocycles. The molecular weight excluding hydrogens is 270 g/mol. The van der Waals surface area contributed by atoms with Gasteiger partial charge in [0.25, 0.3) is 0 Å². The highest BCUT2D eigenvalue weighted by Gasteiger charge is 2.32. The van der Waals surface area contributed by atoms with Gasteiger partial charge in [0.1, 0.15) is 5.76 Å². The molecule has 6 nitrogen and oxygen atoms in total. The summed E-state index contributed by atoms with van der Waals surface area (Å²) in [6.45, 7) is 7.18. The number of carbonyl (C=O) groups is 1. The Balaban J connectivity index is 1.99. The van der Waals surface area contributed by atoms with Crippen LogP contribution in [-0.4, -0.2) is 54.7 Å². The van der Waals surface area contributed by atoms with Crippen LogP contribution in [0.3, 0.4) is 0 Å². The standard InChI is InChI=1S/C15H25N3O3/c1-3-12(16)14(13-6-5-11-21-13)17-7-9-18(10-8-17)15(19)20-4-2/h5-6,11-12,14H,3-4,7-10,16H2,1-2H3. The van der Waals surface area contributed by atoms with Gasteiger partial charge in [-0.25, -0.2) is 4.79 Å². The molecule has 1 aromatic rings. The Morgan fingerprint density at radius 1 is 1.38 bits per heavy atom. The lowest BCUT2D eigenvalue weighted by molar-refractivity contribution is 0.0552. The molecule has 2 N–H and O–H groups in total. The number of rotatable bonds is 5. The molecule has 1 aliphatic rings. The lowest BCUT2D eigenvalue weighted by atomic mass is 10.0. The van der Waals surface area contributed by atoms with Crippen LogP contribution in [-0.2, 0) is 4.74 Å². The Kier molecular flexibility index (Phi) is 5.64. The summed E-state index contributed by atoms with van der Waals surface area (Å²) < 4.78 is 10.6. The van der Waals surface area contributed by atoms with E-state index in [1.807, 2.05) is 19.1 Å². The maximum absolute atomic E-state index is 11.7. The summed E-state index contributed by atoms with van der Waals surface area (Å²) in [6.07, 6.45) is 2.33. The number of hydrogen-bond donors (Lipinski definition) is 1. The van der Waals surface area contributed by atoms with Gasteiger partial charge < -0.3 is 19.8 Å². The molecule has 1 amide bonds. The van der Waals surface area contributed by atoms with Crippen molar-refractivity contribution in [3.05, 3.63) is 24.2 Å². The summed E-state index contributed by atoms with van der Waals surface area (Å²) in [7, 11) is 0. The topological polar surface area (TPSA) is 71.9 Å². The van der Waals surface area contributed by atoms with E-state index >= 15 is 0 Å². The van der Waals surface area contributed by atoms with E-state index in [0.717, 1.165) is 25.3 Å². The highest BCUT2D eigenvalue weighted by Crippen LogP contribution is 2.26. The minimum absolute atomic E-state index is 0.0188. The second-order valence-corrected chi connectivity index (χ2v) is 5.25. The normalized spacial score (nSPS) is 19.3. The summed E-state index contributed by atoms with van der Waals surface area (Å²) in [5, 5.41) is 0. The average Bonchev–Trinajstić information content (AvgIpc) is 3.02. The first kappa shape index (κ1) is 15.9. The lowest BCUT2D eigenvalue weighted by Gasteiger charge is -2.40. The molecule has 2 rings (SSSR count). The molecule has 21 heavy (non-hydrogen) atoms. The number of amides is 1. The second-order valence-electron chi connectivity index (χ2n) is 5.25. The summed E-state index contributed by atoms with van der Waals surface area (Å²) in [4.78, 5) is 15.8. The van der Waals surface area contributed by atoms with Gasteiger partial charge in [-0.05, 0) is 25.5 Å². The van der Waals surface area contributed by atoms with Crippen LogP contribution in [0.4, 0.5) is 4.79 Å². The van der Waals surface area contributed by atoms with E-state index in [4.69, 9.17) is 14.9 Å². The van der Waals surface area contributed by atoms with Crippen molar-refractivity contribution in [2.45, 2.75) is 32.4 Å². The van der Waals surface area contributed by atoms with Crippen molar-refractivity contribution in [2.75, 3.05) is 32.8 Å². The fourth-order valence-electron chi connectivity index (χ4n) is 2.74. The number of nitrogens with zero attached hydrogens (tertiary/aromatic N) is 2. The average molecular weight is 295 g/mol. The number of piperazine rings is 1. The van der Waals surface area contributed by atoms with Crippen LogP contribution in [0.25, 0.3) is 0 Å². The van der Waals surface area contributed by atoms with Gasteiger partial charge in [-0.2, -0.15) is 0 Å². The van der Waals surface area contributed by atoms with E-state index < -0.39 is 0 Å². The van der Waals surface area contributed by atoms with Crippen molar-refractivity contribution in [1.82, 2.24) is 9.80 Å². The van der Waals surface area contributed by atoms with E-state index in [-0.39, 0.29) is 18.2 Å². The summed E-state index contributed by atoms with van der Waals surface area (Å²) >= 11 is 0. The first-order chi connectivity index (χ1) is 10.2. The molecular formula is C15H25N3O3. The van der Waals surface area contributed by atoms with Gasteiger partial charge in [-0.3, -0.25) is 4.90 Å². The van der Waals surface area contributed by atoms with Crippen LogP contribution < -0.4 is 5.73 Å². The predicted octanol–water partition coefficient (Wildman–Crippen LogP) is 1.83. The van der Waals surface area contributed by atoms with Gasteiger partial charge >= 0.3 is 6.09 Å². The van der Waals surface area contributed by atoms with Crippen molar-refractivity contribution in [1.29, 1.82) is 0 Å². The first-order valence-corrected chi connectivity index (χ1v) is 7.62. The highest BCUT2D eigenvalue weighted by molar-refractivity contribution is 5.67. The number of ether oxygens (including phenoxy) is 1. The predicted molar refractivity (Wildman–Crippen MR) is 79.9 cm³/mol. The lowest BCUT2D eigenvalue weighted by Crippen LogP contribution is -2.52. The van der Waals surface area contributed by atoms with Gasteiger partial charge in [0.2, 0.25) is 0 Å². The molecule has 0 spiro atoms. The number of furan rings is 1. The van der Waals surface area contributed by atoms with Gasteiger partial charge in [-0.1, -0.05) is 6.92 Å². The molecule has 6 heteroatoms. The van der Waals surface area contributed by atoms with Crippen LogP contribution >= 0.6 is 0 Å². The molecule has 1 saturated heterocycles. The Bertz CT molecular complexity index is 427. The van der Waals surface area contributed by atoms with Crippen LogP contribution in [0.2, 0.25) is 0 Å². The smallest absolute Gasteiger partial charge is 0.409 e. The molecule has 2 unspecified atom stereocenters. The molecule has 2 atom stereocenters. The third-order valence-corrected chi connectivity index (χ3v) is 3.95. The molecule has 0 aliphatic carbocycles. The van der Waals surface area contributed by atoms with E-state index in [2.05, 4.69) is 11.8 Å². The molecule has 1 aromatic heterocycles. The van der Waals surface area contributed by atoms with Gasteiger partial charge in [0.15, 0.2) is 0 Å². The molecule has 1 fully saturated rings. The second kappa shape index (κ2) is 7.47. The Morgan fingerprint density at radius 3 is 2.62 bits per heavy atom. The van der Waals surface area contributed by atoms with E-state index in [1.54, 1.807) is 11.2 Å². The SMILES string of the molecule is CCOC(=O)N1CCN(C(c2ccco2)C(N)CC)CC1. The number of hydrogen-bond acceptors (Lipinski definition) is 5. The van der Waals surface area contributed by atoms with Crippen molar-refractivity contribution >= 4 is 6.09 Å². The number of carbonyl (C=O) groups excluding carboxylic acids is 1. The fourth-order valence-corrected chi connectivity index (χ4v) is 2.74. The molecule has 0 bridgehead atoms.